The summed E-state index contributed by atoms with van der Waals surface area (Å²) in [6.07, 6.45) is 3.94. The topological polar surface area (TPSA) is 41.8 Å². The highest BCUT2D eigenvalue weighted by atomic mass is 35.5. The Hall–Kier alpha value is -0.990. The molecule has 1 aliphatic rings. The molecule has 1 heterocycles. The normalized spacial score (nSPS) is 20.3. The van der Waals surface area contributed by atoms with Crippen molar-refractivity contribution in [2.45, 2.75) is 18.9 Å². The van der Waals surface area contributed by atoms with E-state index < -0.39 is 0 Å². The number of aromatic amines is 1. The number of hydrogen-bond acceptors (Lipinski definition) is 1. The van der Waals surface area contributed by atoms with Gasteiger partial charge in [0.15, 0.2) is 0 Å². The van der Waals surface area contributed by atoms with Crippen LogP contribution in [0.3, 0.4) is 0 Å². The fourth-order valence-electron chi connectivity index (χ4n) is 2.35. The summed E-state index contributed by atoms with van der Waals surface area (Å²) in [7, 11) is 0. The minimum Gasteiger partial charge on any atom is -0.361 e. The monoisotopic (exact) mass is 206 g/mol. The quantitative estimate of drug-likeness (QED) is 0.682. The third kappa shape index (κ3) is 1.08. The Bertz CT molecular complexity index is 501. The molecule has 0 bridgehead atoms. The van der Waals surface area contributed by atoms with Crippen LogP contribution < -0.4 is 5.73 Å². The molecule has 72 valence electrons. The molecular formula is C11H11ClN2. The van der Waals surface area contributed by atoms with E-state index in [-0.39, 0.29) is 6.04 Å². The fourth-order valence-corrected chi connectivity index (χ4v) is 2.59. The number of aromatic nitrogens is 1. The van der Waals surface area contributed by atoms with Crippen LogP contribution in [0.5, 0.6) is 0 Å². The first-order valence-corrected chi connectivity index (χ1v) is 5.16. The van der Waals surface area contributed by atoms with E-state index in [4.69, 9.17) is 17.3 Å². The highest BCUT2D eigenvalue weighted by Crippen LogP contribution is 2.31. The molecule has 0 aliphatic heterocycles. The van der Waals surface area contributed by atoms with Crippen molar-refractivity contribution in [3.05, 3.63) is 34.5 Å². The van der Waals surface area contributed by atoms with Crippen molar-refractivity contribution < 1.29 is 0 Å². The van der Waals surface area contributed by atoms with E-state index in [0.29, 0.717) is 0 Å². The first-order chi connectivity index (χ1) is 6.74. The van der Waals surface area contributed by atoms with Crippen LogP contribution in [0.1, 0.15) is 11.1 Å². The molecule has 3 heteroatoms. The van der Waals surface area contributed by atoms with Gasteiger partial charge in [-0.25, -0.2) is 0 Å². The molecule has 0 spiro atoms. The number of hydrogen-bond donors (Lipinski definition) is 2. The standard InChI is InChI=1S/C11H11ClN2/c12-8-1-6-2-9(13)3-7-5-14-10(4-8)11(6)7/h1,4-5,9,14H,2-3,13H2. The highest BCUT2D eigenvalue weighted by molar-refractivity contribution is 6.31. The lowest BCUT2D eigenvalue weighted by atomic mass is 9.90. The van der Waals surface area contributed by atoms with Gasteiger partial charge in [0.25, 0.3) is 0 Å². The van der Waals surface area contributed by atoms with Crippen molar-refractivity contribution in [3.63, 3.8) is 0 Å². The summed E-state index contributed by atoms with van der Waals surface area (Å²) < 4.78 is 0. The van der Waals surface area contributed by atoms with E-state index in [1.165, 1.54) is 16.5 Å². The summed E-state index contributed by atoms with van der Waals surface area (Å²) in [4.78, 5) is 3.24. The van der Waals surface area contributed by atoms with Crippen molar-refractivity contribution in [1.82, 2.24) is 4.98 Å². The summed E-state index contributed by atoms with van der Waals surface area (Å²) in [6, 6.07) is 4.24. The number of benzene rings is 1. The second-order valence-electron chi connectivity index (χ2n) is 3.97. The van der Waals surface area contributed by atoms with E-state index in [1.807, 2.05) is 18.3 Å². The maximum atomic E-state index is 6.02. The zero-order valence-corrected chi connectivity index (χ0v) is 8.43. The third-order valence-electron chi connectivity index (χ3n) is 2.87. The van der Waals surface area contributed by atoms with E-state index in [1.54, 1.807) is 0 Å². The summed E-state index contributed by atoms with van der Waals surface area (Å²) in [5, 5.41) is 2.12. The van der Waals surface area contributed by atoms with Gasteiger partial charge in [-0.05, 0) is 36.1 Å². The van der Waals surface area contributed by atoms with Crippen LogP contribution in [0.15, 0.2) is 18.3 Å². The van der Waals surface area contributed by atoms with Crippen molar-refractivity contribution in [2.75, 3.05) is 0 Å². The smallest absolute Gasteiger partial charge is 0.0474 e. The molecule has 0 saturated carbocycles. The molecule has 0 amide bonds. The Morgan fingerprint density at radius 1 is 1.29 bits per heavy atom. The number of nitrogens with two attached hydrogens (primary N) is 1. The Kier molecular flexibility index (Phi) is 1.64. The lowest BCUT2D eigenvalue weighted by molar-refractivity contribution is 0.657. The summed E-state index contributed by atoms with van der Waals surface area (Å²) in [5.74, 6) is 0. The van der Waals surface area contributed by atoms with Crippen LogP contribution in [0.2, 0.25) is 5.02 Å². The van der Waals surface area contributed by atoms with Crippen molar-refractivity contribution in [3.8, 4) is 0 Å². The molecule has 3 N–H and O–H groups in total. The lowest BCUT2D eigenvalue weighted by Crippen LogP contribution is -2.28. The number of halogens is 1. The summed E-state index contributed by atoms with van der Waals surface area (Å²) in [5.41, 5.74) is 9.72. The number of H-pyrrole nitrogens is 1. The van der Waals surface area contributed by atoms with Crippen LogP contribution >= 0.6 is 11.6 Å². The number of nitrogens with one attached hydrogen (secondary N) is 1. The Balaban J connectivity index is 2.38. The molecule has 1 unspecified atom stereocenters. The molecule has 3 rings (SSSR count). The van der Waals surface area contributed by atoms with Gasteiger partial charge in [-0.1, -0.05) is 11.6 Å². The molecule has 0 saturated heterocycles. The molecular weight excluding hydrogens is 196 g/mol. The predicted molar refractivity (Wildman–Crippen MR) is 58.7 cm³/mol. The maximum absolute atomic E-state index is 6.02. The largest absolute Gasteiger partial charge is 0.361 e. The average molecular weight is 207 g/mol. The van der Waals surface area contributed by atoms with Crippen molar-refractivity contribution >= 4 is 22.5 Å². The van der Waals surface area contributed by atoms with Gasteiger partial charge in [-0.15, -0.1) is 0 Å². The molecule has 2 aromatic rings. The second-order valence-corrected chi connectivity index (χ2v) is 4.41. The van der Waals surface area contributed by atoms with Gasteiger partial charge in [0, 0.05) is 28.2 Å². The van der Waals surface area contributed by atoms with Crippen LogP contribution in [-0.2, 0) is 12.8 Å². The average Bonchev–Trinajstić information content (AvgIpc) is 2.48. The minimum atomic E-state index is 0.236. The fraction of sp³-hybridized carbons (Fsp3) is 0.273. The predicted octanol–water partition coefficient (Wildman–Crippen LogP) is 2.25. The second kappa shape index (κ2) is 2.75. The summed E-state index contributed by atoms with van der Waals surface area (Å²) >= 11 is 6.02. The van der Waals surface area contributed by atoms with Gasteiger partial charge in [-0.2, -0.15) is 0 Å². The first-order valence-electron chi connectivity index (χ1n) is 4.78. The van der Waals surface area contributed by atoms with Crippen molar-refractivity contribution in [1.29, 1.82) is 0 Å². The van der Waals surface area contributed by atoms with Gasteiger partial charge in [0.2, 0.25) is 0 Å². The summed E-state index contributed by atoms with van der Waals surface area (Å²) in [6.45, 7) is 0. The molecule has 0 radical (unpaired) electrons. The van der Waals surface area contributed by atoms with Crippen LogP contribution in [0, 0.1) is 0 Å². The van der Waals surface area contributed by atoms with E-state index >= 15 is 0 Å². The third-order valence-corrected chi connectivity index (χ3v) is 3.09. The van der Waals surface area contributed by atoms with Crippen LogP contribution in [0.25, 0.3) is 10.9 Å². The molecule has 14 heavy (non-hydrogen) atoms. The van der Waals surface area contributed by atoms with Crippen molar-refractivity contribution in [2.24, 2.45) is 5.73 Å². The van der Waals surface area contributed by atoms with E-state index in [0.717, 1.165) is 23.4 Å². The Morgan fingerprint density at radius 2 is 2.07 bits per heavy atom. The maximum Gasteiger partial charge on any atom is 0.0474 e. The molecule has 0 fully saturated rings. The lowest BCUT2D eigenvalue weighted by Gasteiger charge is -2.18. The SMILES string of the molecule is NC1Cc2c[nH]c3cc(Cl)cc(c23)C1. The molecule has 2 nitrogen and oxygen atoms in total. The van der Waals surface area contributed by atoms with E-state index in [2.05, 4.69) is 4.98 Å². The zero-order valence-electron chi connectivity index (χ0n) is 7.68. The first kappa shape index (κ1) is 8.33. The Morgan fingerprint density at radius 3 is 2.93 bits per heavy atom. The Labute approximate surface area is 87.1 Å². The molecule has 1 aromatic carbocycles. The zero-order chi connectivity index (χ0) is 9.71. The van der Waals surface area contributed by atoms with Crippen LogP contribution in [0.4, 0.5) is 0 Å². The van der Waals surface area contributed by atoms with Gasteiger partial charge in [0.05, 0.1) is 0 Å². The van der Waals surface area contributed by atoms with Gasteiger partial charge in [-0.3, -0.25) is 0 Å². The van der Waals surface area contributed by atoms with Gasteiger partial charge in [0.1, 0.15) is 0 Å². The molecule has 1 aliphatic carbocycles. The minimum absolute atomic E-state index is 0.236. The van der Waals surface area contributed by atoms with Crippen LogP contribution in [-0.4, -0.2) is 11.0 Å². The van der Waals surface area contributed by atoms with E-state index in [9.17, 15) is 0 Å². The molecule has 1 atom stereocenters. The van der Waals surface area contributed by atoms with Gasteiger partial charge >= 0.3 is 0 Å². The number of rotatable bonds is 0. The van der Waals surface area contributed by atoms with Gasteiger partial charge < -0.3 is 10.7 Å². The molecule has 1 aromatic heterocycles. The highest BCUT2D eigenvalue weighted by Gasteiger charge is 2.19.